The van der Waals surface area contributed by atoms with Gasteiger partial charge in [-0.05, 0) is 55.0 Å². The summed E-state index contributed by atoms with van der Waals surface area (Å²) < 4.78 is 6.89. The van der Waals surface area contributed by atoms with Gasteiger partial charge in [-0.3, -0.25) is 4.79 Å². The average Bonchev–Trinajstić information content (AvgIpc) is 3.21. The third-order valence-electron chi connectivity index (χ3n) is 5.14. The zero-order valence-electron chi connectivity index (χ0n) is 17.5. The summed E-state index contributed by atoms with van der Waals surface area (Å²) in [6.45, 7) is 2.50. The lowest BCUT2D eigenvalue weighted by Gasteiger charge is -2.08. The molecule has 1 aromatic heterocycles. The first kappa shape index (κ1) is 20.9. The van der Waals surface area contributed by atoms with Crippen LogP contribution in [0.5, 0.6) is 0 Å². The maximum atomic E-state index is 12.6. The Balaban J connectivity index is 1.62. The molecule has 1 N–H and O–H groups in total. The van der Waals surface area contributed by atoms with Gasteiger partial charge in [0, 0.05) is 29.4 Å². The van der Waals surface area contributed by atoms with Gasteiger partial charge in [-0.2, -0.15) is 5.26 Å². The van der Waals surface area contributed by atoms with E-state index >= 15 is 0 Å². The van der Waals surface area contributed by atoms with Gasteiger partial charge in [-0.15, -0.1) is 0 Å². The minimum Gasteiger partial charge on any atom is -0.462 e. The summed E-state index contributed by atoms with van der Waals surface area (Å²) in [7, 11) is 0. The van der Waals surface area contributed by atoms with Crippen LogP contribution in [-0.4, -0.2) is 23.1 Å². The number of nitrogens with one attached hydrogen (secondary N) is 1. The Morgan fingerprint density at radius 1 is 1.00 bits per heavy atom. The van der Waals surface area contributed by atoms with Crippen molar-refractivity contribution in [1.29, 1.82) is 5.26 Å². The summed E-state index contributed by atoms with van der Waals surface area (Å²) in [5, 5.41) is 13.2. The van der Waals surface area contributed by atoms with Crippen molar-refractivity contribution in [3.63, 3.8) is 0 Å². The molecule has 0 saturated heterocycles. The van der Waals surface area contributed by atoms with Gasteiger partial charge in [-0.1, -0.05) is 30.3 Å². The molecule has 6 heteroatoms. The minimum atomic E-state index is -0.375. The van der Waals surface area contributed by atoms with E-state index < -0.39 is 0 Å². The largest absolute Gasteiger partial charge is 0.462 e. The summed E-state index contributed by atoms with van der Waals surface area (Å²) in [6.07, 6.45) is 1.73. The van der Waals surface area contributed by atoms with Crippen molar-refractivity contribution in [2.45, 2.75) is 13.5 Å². The van der Waals surface area contributed by atoms with E-state index in [0.717, 1.165) is 16.8 Å². The van der Waals surface area contributed by atoms with Crippen LogP contribution in [0.4, 0.5) is 0 Å². The van der Waals surface area contributed by atoms with Gasteiger partial charge in [0.2, 0.25) is 0 Å². The number of amides is 1. The van der Waals surface area contributed by atoms with Gasteiger partial charge in [-0.25, -0.2) is 4.79 Å². The van der Waals surface area contributed by atoms with E-state index in [1.165, 1.54) is 0 Å². The van der Waals surface area contributed by atoms with Gasteiger partial charge < -0.3 is 14.6 Å². The van der Waals surface area contributed by atoms with Crippen LogP contribution in [0.1, 0.15) is 38.8 Å². The smallest absolute Gasteiger partial charge is 0.338 e. The fraction of sp³-hybridized carbons (Fsp3) is 0.115. The number of esters is 1. The summed E-state index contributed by atoms with van der Waals surface area (Å²) in [6, 6.07) is 24.2. The molecular formula is C26H21N3O3. The van der Waals surface area contributed by atoms with Crippen molar-refractivity contribution < 1.29 is 14.3 Å². The second-order valence-electron chi connectivity index (χ2n) is 7.19. The van der Waals surface area contributed by atoms with E-state index in [2.05, 4.69) is 11.4 Å². The summed E-state index contributed by atoms with van der Waals surface area (Å²) in [4.78, 5) is 24.5. The first-order valence-corrected chi connectivity index (χ1v) is 10.3. The molecule has 6 nitrogen and oxygen atoms in total. The Hall–Kier alpha value is -4.37. The predicted octanol–water partition coefficient (Wildman–Crippen LogP) is 4.61. The number of hydrogen-bond acceptors (Lipinski definition) is 4. The molecule has 0 radical (unpaired) electrons. The number of rotatable bonds is 6. The molecule has 0 spiro atoms. The molecule has 0 atom stereocenters. The summed E-state index contributed by atoms with van der Waals surface area (Å²) in [5.74, 6) is -0.577. The number of carbonyl (C=O) groups excluding carboxylic acids is 2. The van der Waals surface area contributed by atoms with Gasteiger partial charge in [0.15, 0.2) is 0 Å². The van der Waals surface area contributed by atoms with Crippen LogP contribution >= 0.6 is 0 Å². The second kappa shape index (κ2) is 9.19. The first-order chi connectivity index (χ1) is 15.6. The number of carbonyl (C=O) groups is 2. The fourth-order valence-corrected chi connectivity index (χ4v) is 3.53. The molecule has 0 saturated carbocycles. The van der Waals surface area contributed by atoms with Crippen LogP contribution in [0.3, 0.4) is 0 Å². The molecule has 4 rings (SSSR count). The van der Waals surface area contributed by atoms with E-state index in [4.69, 9.17) is 4.74 Å². The van der Waals surface area contributed by atoms with E-state index in [9.17, 15) is 14.9 Å². The van der Waals surface area contributed by atoms with Crippen LogP contribution in [-0.2, 0) is 11.3 Å². The lowest BCUT2D eigenvalue weighted by Crippen LogP contribution is -2.22. The highest BCUT2D eigenvalue weighted by Gasteiger charge is 2.14. The van der Waals surface area contributed by atoms with E-state index in [0.29, 0.717) is 35.2 Å². The average molecular weight is 423 g/mol. The number of aromatic nitrogens is 1. The molecule has 4 aromatic rings. The van der Waals surface area contributed by atoms with Gasteiger partial charge in [0.1, 0.15) is 6.07 Å². The zero-order chi connectivity index (χ0) is 22.5. The van der Waals surface area contributed by atoms with Crippen molar-refractivity contribution in [3.05, 3.63) is 101 Å². The molecule has 0 aliphatic heterocycles. The Labute approximate surface area is 185 Å². The molecule has 0 unspecified atom stereocenters. The highest BCUT2D eigenvalue weighted by molar-refractivity contribution is 6.00. The van der Waals surface area contributed by atoms with Crippen LogP contribution < -0.4 is 5.32 Å². The van der Waals surface area contributed by atoms with Crippen molar-refractivity contribution in [1.82, 2.24) is 9.88 Å². The number of hydrogen-bond donors (Lipinski definition) is 1. The molecule has 158 valence electrons. The monoisotopic (exact) mass is 423 g/mol. The molecule has 0 aliphatic carbocycles. The Kier molecular flexibility index (Phi) is 6.00. The third kappa shape index (κ3) is 4.23. The predicted molar refractivity (Wildman–Crippen MR) is 122 cm³/mol. The van der Waals surface area contributed by atoms with Gasteiger partial charge in [0.05, 0.1) is 23.3 Å². The quantitative estimate of drug-likeness (QED) is 0.459. The Morgan fingerprint density at radius 3 is 2.41 bits per heavy atom. The molecular weight excluding hydrogens is 402 g/mol. The van der Waals surface area contributed by atoms with Crippen LogP contribution in [0, 0.1) is 11.3 Å². The number of fused-ring (bicyclic) bond motifs is 1. The van der Waals surface area contributed by atoms with Crippen LogP contribution in [0.15, 0.2) is 79.0 Å². The normalized spacial score (nSPS) is 10.5. The van der Waals surface area contributed by atoms with Gasteiger partial charge in [0.25, 0.3) is 5.91 Å². The molecule has 3 aromatic carbocycles. The molecule has 0 bridgehead atoms. The molecule has 1 heterocycles. The van der Waals surface area contributed by atoms with Crippen molar-refractivity contribution in [2.75, 3.05) is 6.61 Å². The molecule has 0 aliphatic rings. The first-order valence-electron chi connectivity index (χ1n) is 10.3. The van der Waals surface area contributed by atoms with E-state index in [1.807, 2.05) is 41.0 Å². The van der Waals surface area contributed by atoms with E-state index in [1.54, 1.807) is 49.5 Å². The number of benzene rings is 3. The third-order valence-corrected chi connectivity index (χ3v) is 5.14. The standard InChI is InChI=1S/C26H21N3O3/c1-2-32-26(31)19-8-11-22(12-9-19)29-17-21(15-27)23-14-20(10-13-24(23)29)25(30)28-16-18-6-4-3-5-7-18/h3-14,17H,2,16H2,1H3,(H,28,30). The number of ether oxygens (including phenoxy) is 1. The lowest BCUT2D eigenvalue weighted by molar-refractivity contribution is 0.0526. The Bertz CT molecular complexity index is 1320. The minimum absolute atomic E-state index is 0.203. The Morgan fingerprint density at radius 2 is 1.72 bits per heavy atom. The number of nitrogens with zero attached hydrogens (tertiary/aromatic N) is 2. The fourth-order valence-electron chi connectivity index (χ4n) is 3.53. The second-order valence-corrected chi connectivity index (χ2v) is 7.19. The SMILES string of the molecule is CCOC(=O)c1ccc(-n2cc(C#N)c3cc(C(=O)NCc4ccccc4)ccc32)cc1. The zero-order valence-corrected chi connectivity index (χ0v) is 17.5. The number of nitriles is 1. The van der Waals surface area contributed by atoms with Crippen molar-refractivity contribution in [3.8, 4) is 11.8 Å². The summed E-state index contributed by atoms with van der Waals surface area (Å²) in [5.41, 5.74) is 4.02. The van der Waals surface area contributed by atoms with Crippen molar-refractivity contribution in [2.24, 2.45) is 0 Å². The molecule has 1 amide bonds. The van der Waals surface area contributed by atoms with Crippen LogP contribution in [0.25, 0.3) is 16.6 Å². The lowest BCUT2D eigenvalue weighted by atomic mass is 10.1. The maximum absolute atomic E-state index is 12.6. The van der Waals surface area contributed by atoms with Crippen molar-refractivity contribution >= 4 is 22.8 Å². The highest BCUT2D eigenvalue weighted by Crippen LogP contribution is 2.26. The highest BCUT2D eigenvalue weighted by atomic mass is 16.5. The van der Waals surface area contributed by atoms with Crippen LogP contribution in [0.2, 0.25) is 0 Å². The molecule has 32 heavy (non-hydrogen) atoms. The van der Waals surface area contributed by atoms with E-state index in [-0.39, 0.29) is 11.9 Å². The topological polar surface area (TPSA) is 84.1 Å². The summed E-state index contributed by atoms with van der Waals surface area (Å²) >= 11 is 0. The molecule has 0 fully saturated rings. The van der Waals surface area contributed by atoms with Gasteiger partial charge >= 0.3 is 5.97 Å². The maximum Gasteiger partial charge on any atom is 0.338 e.